The Morgan fingerprint density at radius 3 is 2.95 bits per heavy atom. The van der Waals surface area contributed by atoms with Crippen molar-refractivity contribution in [3.63, 3.8) is 0 Å². The Morgan fingerprint density at radius 1 is 1.24 bits per heavy atom. The van der Waals surface area contributed by atoms with E-state index in [9.17, 15) is 4.79 Å². The minimum absolute atomic E-state index is 0.0856. The van der Waals surface area contributed by atoms with E-state index in [1.54, 1.807) is 10.9 Å². The van der Waals surface area contributed by atoms with Gasteiger partial charge in [-0.15, -0.1) is 5.10 Å². The SMILES string of the molecule is O=C(O)CCCn1nnnc1-c1nccc2ccccc12. The average molecular weight is 283 g/mol. The summed E-state index contributed by atoms with van der Waals surface area (Å²) in [6.07, 6.45) is 2.27. The van der Waals surface area contributed by atoms with Crippen LogP contribution < -0.4 is 0 Å². The van der Waals surface area contributed by atoms with Gasteiger partial charge in [0.2, 0.25) is 5.82 Å². The molecule has 2 heterocycles. The Bertz CT molecular complexity index is 778. The molecule has 0 bridgehead atoms. The monoisotopic (exact) mass is 283 g/mol. The van der Waals surface area contributed by atoms with Crippen molar-refractivity contribution < 1.29 is 9.90 Å². The van der Waals surface area contributed by atoms with Crippen molar-refractivity contribution in [3.05, 3.63) is 36.5 Å². The maximum absolute atomic E-state index is 10.6. The molecule has 3 aromatic rings. The van der Waals surface area contributed by atoms with Crippen LogP contribution in [0.1, 0.15) is 12.8 Å². The van der Waals surface area contributed by atoms with E-state index < -0.39 is 5.97 Å². The zero-order valence-corrected chi connectivity index (χ0v) is 11.2. The Hall–Kier alpha value is -2.83. The molecule has 0 aliphatic rings. The summed E-state index contributed by atoms with van der Waals surface area (Å²) in [4.78, 5) is 15.0. The number of hydrogen-bond acceptors (Lipinski definition) is 5. The maximum Gasteiger partial charge on any atom is 0.303 e. The van der Waals surface area contributed by atoms with Gasteiger partial charge in [-0.2, -0.15) is 0 Å². The van der Waals surface area contributed by atoms with Gasteiger partial charge in [-0.25, -0.2) is 4.68 Å². The van der Waals surface area contributed by atoms with Crippen molar-refractivity contribution in [1.82, 2.24) is 25.2 Å². The fourth-order valence-electron chi connectivity index (χ4n) is 2.20. The highest BCUT2D eigenvalue weighted by Gasteiger charge is 2.13. The Balaban J connectivity index is 1.96. The van der Waals surface area contributed by atoms with Crippen LogP contribution in [0.15, 0.2) is 36.5 Å². The lowest BCUT2D eigenvalue weighted by Crippen LogP contribution is -2.06. The van der Waals surface area contributed by atoms with Crippen molar-refractivity contribution in [2.24, 2.45) is 0 Å². The smallest absolute Gasteiger partial charge is 0.303 e. The van der Waals surface area contributed by atoms with Crippen LogP contribution >= 0.6 is 0 Å². The number of fused-ring (bicyclic) bond motifs is 1. The Morgan fingerprint density at radius 2 is 2.10 bits per heavy atom. The molecule has 0 radical (unpaired) electrons. The molecule has 0 amide bonds. The summed E-state index contributed by atoms with van der Waals surface area (Å²) in [7, 11) is 0. The number of carboxylic acids is 1. The molecule has 7 nitrogen and oxygen atoms in total. The largest absolute Gasteiger partial charge is 0.481 e. The molecular formula is C14H13N5O2. The van der Waals surface area contributed by atoms with Crippen LogP contribution in [0.5, 0.6) is 0 Å². The summed E-state index contributed by atoms with van der Waals surface area (Å²) < 4.78 is 1.59. The van der Waals surface area contributed by atoms with Crippen LogP contribution in [-0.2, 0) is 11.3 Å². The van der Waals surface area contributed by atoms with E-state index in [-0.39, 0.29) is 6.42 Å². The summed E-state index contributed by atoms with van der Waals surface area (Å²) in [6, 6.07) is 9.79. The third-order valence-corrected chi connectivity index (χ3v) is 3.18. The first kappa shape index (κ1) is 13.2. The van der Waals surface area contributed by atoms with Gasteiger partial charge in [0.1, 0.15) is 5.69 Å². The van der Waals surface area contributed by atoms with Gasteiger partial charge in [0, 0.05) is 24.5 Å². The van der Waals surface area contributed by atoms with Crippen LogP contribution in [0, 0.1) is 0 Å². The number of aliphatic carboxylic acids is 1. The zero-order valence-electron chi connectivity index (χ0n) is 11.2. The fourth-order valence-corrected chi connectivity index (χ4v) is 2.20. The van der Waals surface area contributed by atoms with Gasteiger partial charge in [0.15, 0.2) is 0 Å². The number of hydrogen-bond donors (Lipinski definition) is 1. The normalized spacial score (nSPS) is 10.9. The number of aromatic nitrogens is 5. The van der Waals surface area contributed by atoms with Gasteiger partial charge in [-0.05, 0) is 28.3 Å². The Kier molecular flexibility index (Phi) is 3.55. The Labute approximate surface area is 120 Å². The molecule has 0 atom stereocenters. The van der Waals surface area contributed by atoms with E-state index in [1.807, 2.05) is 30.3 Å². The van der Waals surface area contributed by atoms with Gasteiger partial charge >= 0.3 is 5.97 Å². The van der Waals surface area contributed by atoms with E-state index in [0.717, 1.165) is 10.8 Å². The maximum atomic E-state index is 10.6. The van der Waals surface area contributed by atoms with Crippen molar-refractivity contribution in [1.29, 1.82) is 0 Å². The minimum atomic E-state index is -0.826. The number of tetrazole rings is 1. The molecule has 0 aliphatic heterocycles. The number of nitrogens with zero attached hydrogens (tertiary/aromatic N) is 5. The summed E-state index contributed by atoms with van der Waals surface area (Å²) in [6.45, 7) is 0.444. The van der Waals surface area contributed by atoms with E-state index in [2.05, 4.69) is 20.5 Å². The average Bonchev–Trinajstić information content (AvgIpc) is 2.94. The third kappa shape index (κ3) is 2.71. The molecule has 7 heteroatoms. The van der Waals surface area contributed by atoms with Gasteiger partial charge in [0.05, 0.1) is 0 Å². The first-order chi connectivity index (χ1) is 10.3. The quantitative estimate of drug-likeness (QED) is 0.766. The molecule has 0 aliphatic carbocycles. The van der Waals surface area contributed by atoms with Crippen LogP contribution in [0.25, 0.3) is 22.3 Å². The van der Waals surface area contributed by atoms with Crippen LogP contribution in [0.3, 0.4) is 0 Å². The number of aryl methyl sites for hydroxylation is 1. The second-order valence-corrected chi connectivity index (χ2v) is 4.60. The molecule has 21 heavy (non-hydrogen) atoms. The fraction of sp³-hybridized carbons (Fsp3) is 0.214. The molecular weight excluding hydrogens is 270 g/mol. The van der Waals surface area contributed by atoms with E-state index in [0.29, 0.717) is 24.5 Å². The summed E-state index contributed by atoms with van der Waals surface area (Å²) in [5.74, 6) is -0.273. The van der Waals surface area contributed by atoms with Crippen molar-refractivity contribution in [2.75, 3.05) is 0 Å². The lowest BCUT2D eigenvalue weighted by Gasteiger charge is -2.06. The lowest BCUT2D eigenvalue weighted by atomic mass is 10.1. The van der Waals surface area contributed by atoms with Gasteiger partial charge in [-0.1, -0.05) is 24.3 Å². The second-order valence-electron chi connectivity index (χ2n) is 4.60. The van der Waals surface area contributed by atoms with Crippen molar-refractivity contribution in [2.45, 2.75) is 19.4 Å². The second kappa shape index (κ2) is 5.66. The lowest BCUT2D eigenvalue weighted by molar-refractivity contribution is -0.137. The molecule has 2 aromatic heterocycles. The van der Waals surface area contributed by atoms with E-state index >= 15 is 0 Å². The summed E-state index contributed by atoms with van der Waals surface area (Å²) in [5.41, 5.74) is 0.702. The molecule has 0 fully saturated rings. The third-order valence-electron chi connectivity index (χ3n) is 3.18. The summed E-state index contributed by atoms with van der Waals surface area (Å²) in [5, 5.41) is 22.3. The highest BCUT2D eigenvalue weighted by Crippen LogP contribution is 2.24. The topological polar surface area (TPSA) is 93.8 Å². The molecule has 0 unspecified atom stereocenters. The molecule has 0 saturated heterocycles. The van der Waals surface area contributed by atoms with E-state index in [1.165, 1.54) is 0 Å². The predicted molar refractivity (Wildman–Crippen MR) is 75.4 cm³/mol. The molecule has 0 spiro atoms. The van der Waals surface area contributed by atoms with Crippen LogP contribution in [0.4, 0.5) is 0 Å². The number of benzene rings is 1. The number of rotatable bonds is 5. The van der Waals surface area contributed by atoms with Crippen molar-refractivity contribution in [3.8, 4) is 11.5 Å². The summed E-state index contributed by atoms with van der Waals surface area (Å²) >= 11 is 0. The highest BCUT2D eigenvalue weighted by molar-refractivity contribution is 5.92. The number of carboxylic acid groups (broad SMARTS) is 1. The highest BCUT2D eigenvalue weighted by atomic mass is 16.4. The van der Waals surface area contributed by atoms with Crippen LogP contribution in [-0.4, -0.2) is 36.3 Å². The molecule has 1 aromatic carbocycles. The van der Waals surface area contributed by atoms with Gasteiger partial charge < -0.3 is 5.11 Å². The number of carbonyl (C=O) groups is 1. The first-order valence-corrected chi connectivity index (χ1v) is 6.58. The zero-order chi connectivity index (χ0) is 14.7. The standard InChI is InChI=1S/C14H13N5O2/c20-12(21)6-3-9-19-14(16-17-18-19)13-11-5-2-1-4-10(11)7-8-15-13/h1-2,4-5,7-8H,3,6,9H2,(H,20,21). The molecule has 0 saturated carbocycles. The minimum Gasteiger partial charge on any atom is -0.481 e. The molecule has 3 rings (SSSR count). The van der Waals surface area contributed by atoms with Gasteiger partial charge in [0.25, 0.3) is 0 Å². The first-order valence-electron chi connectivity index (χ1n) is 6.58. The van der Waals surface area contributed by atoms with E-state index in [4.69, 9.17) is 5.11 Å². The molecule has 1 N–H and O–H groups in total. The van der Waals surface area contributed by atoms with Gasteiger partial charge in [-0.3, -0.25) is 9.78 Å². The number of pyridine rings is 1. The predicted octanol–water partition coefficient (Wildman–Crippen LogP) is 1.75. The van der Waals surface area contributed by atoms with Crippen molar-refractivity contribution >= 4 is 16.7 Å². The molecule has 106 valence electrons. The van der Waals surface area contributed by atoms with Crippen LogP contribution in [0.2, 0.25) is 0 Å².